The van der Waals surface area contributed by atoms with Crippen LogP contribution in [0.1, 0.15) is 11.4 Å². The van der Waals surface area contributed by atoms with E-state index in [2.05, 4.69) is 101 Å². The van der Waals surface area contributed by atoms with E-state index < -0.39 is 7.92 Å². The first-order valence-corrected chi connectivity index (χ1v) is 12.4. The zero-order chi connectivity index (χ0) is 23.6. The molecule has 170 valence electrons. The Morgan fingerprint density at radius 1 is 0.559 bits per heavy atom. The first kappa shape index (κ1) is 23.6. The monoisotopic (exact) mass is 466 g/mol. The van der Waals surface area contributed by atoms with Crippen molar-refractivity contribution in [2.75, 3.05) is 0 Å². The number of aliphatic hydroxyl groups is 2. The Morgan fingerprint density at radius 2 is 0.971 bits per heavy atom. The van der Waals surface area contributed by atoms with Crippen molar-refractivity contribution in [1.29, 1.82) is 0 Å². The summed E-state index contributed by atoms with van der Waals surface area (Å²) in [5, 5.41) is 22.2. The van der Waals surface area contributed by atoms with Crippen molar-refractivity contribution in [1.82, 2.24) is 9.97 Å². The minimum atomic E-state index is -0.446. The predicted octanol–water partition coefficient (Wildman–Crippen LogP) is 4.51. The molecule has 0 aliphatic heterocycles. The Kier molecular flexibility index (Phi) is 8.37. The average molecular weight is 467 g/mol. The Bertz CT molecular complexity index is 1150. The van der Waals surface area contributed by atoms with E-state index in [4.69, 9.17) is 10.2 Å². The van der Waals surface area contributed by atoms with E-state index in [1.165, 1.54) is 15.9 Å². The van der Waals surface area contributed by atoms with Crippen LogP contribution in [0.3, 0.4) is 0 Å². The summed E-state index contributed by atoms with van der Waals surface area (Å²) >= 11 is 0. The van der Waals surface area contributed by atoms with Gasteiger partial charge >= 0.3 is 0 Å². The molecule has 0 bridgehead atoms. The van der Waals surface area contributed by atoms with E-state index in [1.807, 2.05) is 30.3 Å². The summed E-state index contributed by atoms with van der Waals surface area (Å²) in [5.41, 5.74) is 2.00. The summed E-state index contributed by atoms with van der Waals surface area (Å²) in [7, 11) is -0.446. The van der Waals surface area contributed by atoms with Gasteiger partial charge in [-0.15, -0.1) is 0 Å². The van der Waals surface area contributed by atoms with Crippen LogP contribution in [-0.4, -0.2) is 20.2 Å². The van der Waals surface area contributed by atoms with Crippen molar-refractivity contribution in [3.63, 3.8) is 0 Å². The predicted molar refractivity (Wildman–Crippen MR) is 141 cm³/mol. The molecule has 4 aromatic carbocycles. The molecule has 0 aliphatic carbocycles. The standard InChI is InChI=1S/C18H15P.C11H12N2O2/c1-4-10-16(11-5-1)19(17-12-6-2-7-13-17)18-14-8-3-9-15-18;14-6-9-10(7-15)13-11(12-9)8-4-2-1-3-5-8/h1-15H;1-5,14-15H,6-7H2,(H,12,13). The van der Waals surface area contributed by atoms with Gasteiger partial charge in [-0.05, 0) is 23.8 Å². The molecule has 1 aromatic heterocycles. The fourth-order valence-electron chi connectivity index (χ4n) is 3.62. The average Bonchev–Trinajstić information content (AvgIpc) is 3.35. The van der Waals surface area contributed by atoms with Crippen LogP contribution >= 0.6 is 7.92 Å². The molecular formula is C29H27N2O2P. The second-order valence-corrected chi connectivity index (χ2v) is 9.75. The summed E-state index contributed by atoms with van der Waals surface area (Å²) in [6, 6.07) is 41.9. The van der Waals surface area contributed by atoms with E-state index in [9.17, 15) is 0 Å². The van der Waals surface area contributed by atoms with Crippen molar-refractivity contribution >= 4 is 23.8 Å². The molecule has 0 atom stereocenters. The van der Waals surface area contributed by atoms with E-state index in [0.29, 0.717) is 17.2 Å². The lowest BCUT2D eigenvalue weighted by Crippen LogP contribution is -2.20. The second kappa shape index (κ2) is 12.1. The van der Waals surface area contributed by atoms with Gasteiger partial charge in [0.2, 0.25) is 0 Å². The summed E-state index contributed by atoms with van der Waals surface area (Å²) in [5.74, 6) is 0.670. The van der Waals surface area contributed by atoms with Gasteiger partial charge in [-0.2, -0.15) is 0 Å². The largest absolute Gasteiger partial charge is 0.390 e. The molecule has 3 N–H and O–H groups in total. The van der Waals surface area contributed by atoms with Crippen LogP contribution in [0.5, 0.6) is 0 Å². The van der Waals surface area contributed by atoms with Gasteiger partial charge in [0.05, 0.1) is 24.6 Å². The minimum absolute atomic E-state index is 0.143. The molecule has 0 amide bonds. The van der Waals surface area contributed by atoms with Crippen LogP contribution < -0.4 is 15.9 Å². The first-order valence-electron chi connectivity index (χ1n) is 11.1. The molecule has 5 aromatic rings. The van der Waals surface area contributed by atoms with Gasteiger partial charge in [-0.25, -0.2) is 4.98 Å². The molecular weight excluding hydrogens is 439 g/mol. The third-order valence-electron chi connectivity index (χ3n) is 5.26. The number of aromatic amines is 1. The van der Waals surface area contributed by atoms with Gasteiger partial charge in [-0.3, -0.25) is 0 Å². The minimum Gasteiger partial charge on any atom is -0.390 e. The molecule has 0 aliphatic rings. The molecule has 34 heavy (non-hydrogen) atoms. The highest BCUT2D eigenvalue weighted by Crippen LogP contribution is 2.32. The van der Waals surface area contributed by atoms with Gasteiger partial charge < -0.3 is 15.2 Å². The molecule has 4 nitrogen and oxygen atoms in total. The molecule has 5 heteroatoms. The van der Waals surface area contributed by atoms with Crippen LogP contribution in [0.25, 0.3) is 11.4 Å². The summed E-state index contributed by atoms with van der Waals surface area (Å²) in [6.45, 7) is -0.311. The smallest absolute Gasteiger partial charge is 0.137 e. The van der Waals surface area contributed by atoms with Crippen molar-refractivity contribution < 1.29 is 10.2 Å². The number of nitrogens with one attached hydrogen (secondary N) is 1. The maximum Gasteiger partial charge on any atom is 0.137 e. The van der Waals surface area contributed by atoms with Crippen LogP contribution in [0.2, 0.25) is 0 Å². The Hall–Kier alpha value is -3.56. The third kappa shape index (κ3) is 5.86. The summed E-state index contributed by atoms with van der Waals surface area (Å²) in [4.78, 5) is 7.18. The van der Waals surface area contributed by atoms with Crippen molar-refractivity contribution in [3.8, 4) is 11.4 Å². The van der Waals surface area contributed by atoms with Crippen molar-refractivity contribution in [2.45, 2.75) is 13.2 Å². The maximum absolute atomic E-state index is 9.03. The maximum atomic E-state index is 9.03. The molecule has 0 radical (unpaired) electrons. The Labute approximate surface area is 201 Å². The van der Waals surface area contributed by atoms with Gasteiger partial charge in [0, 0.05) is 5.56 Å². The van der Waals surface area contributed by atoms with Crippen LogP contribution in [-0.2, 0) is 13.2 Å². The van der Waals surface area contributed by atoms with Crippen molar-refractivity contribution in [2.24, 2.45) is 0 Å². The zero-order valence-corrected chi connectivity index (χ0v) is 19.6. The highest BCUT2D eigenvalue weighted by Gasteiger charge is 2.15. The fourth-order valence-corrected chi connectivity index (χ4v) is 5.92. The lowest BCUT2D eigenvalue weighted by Gasteiger charge is -2.18. The molecule has 0 saturated carbocycles. The molecule has 5 rings (SSSR count). The summed E-state index contributed by atoms with van der Waals surface area (Å²) < 4.78 is 0. The zero-order valence-electron chi connectivity index (χ0n) is 18.8. The van der Waals surface area contributed by atoms with Crippen molar-refractivity contribution in [3.05, 3.63) is 133 Å². The molecule has 1 heterocycles. The number of rotatable bonds is 6. The van der Waals surface area contributed by atoms with Crippen LogP contribution in [0.15, 0.2) is 121 Å². The normalized spacial score (nSPS) is 10.6. The number of aromatic nitrogens is 2. The van der Waals surface area contributed by atoms with Gasteiger partial charge in [0.15, 0.2) is 0 Å². The highest BCUT2D eigenvalue weighted by atomic mass is 31.1. The molecule has 0 spiro atoms. The van der Waals surface area contributed by atoms with Gasteiger partial charge in [-0.1, -0.05) is 121 Å². The number of benzene rings is 4. The number of imidazole rings is 1. The quantitative estimate of drug-likeness (QED) is 0.323. The highest BCUT2D eigenvalue weighted by molar-refractivity contribution is 7.79. The molecule has 0 saturated heterocycles. The SMILES string of the molecule is OCc1nc(-c2ccccc2)[nH]c1CO.c1ccc(P(c2ccccc2)c2ccccc2)cc1. The molecule has 0 unspecified atom stereocenters. The fraction of sp³-hybridized carbons (Fsp3) is 0.0690. The van der Waals surface area contributed by atoms with Crippen LogP contribution in [0, 0.1) is 0 Å². The number of nitrogens with zero attached hydrogens (tertiary/aromatic N) is 1. The second-order valence-electron chi connectivity index (χ2n) is 7.53. The number of hydrogen-bond acceptors (Lipinski definition) is 3. The summed E-state index contributed by atoms with van der Waals surface area (Å²) in [6.07, 6.45) is 0. The van der Waals surface area contributed by atoms with Crippen LogP contribution in [0.4, 0.5) is 0 Å². The van der Waals surface area contributed by atoms with E-state index in [0.717, 1.165) is 5.56 Å². The Morgan fingerprint density at radius 3 is 1.32 bits per heavy atom. The third-order valence-corrected chi connectivity index (χ3v) is 7.71. The van der Waals surface area contributed by atoms with Gasteiger partial charge in [0.25, 0.3) is 0 Å². The van der Waals surface area contributed by atoms with E-state index in [-0.39, 0.29) is 13.2 Å². The first-order chi connectivity index (χ1) is 16.8. The van der Waals surface area contributed by atoms with E-state index in [1.54, 1.807) is 0 Å². The van der Waals surface area contributed by atoms with E-state index >= 15 is 0 Å². The molecule has 0 fully saturated rings. The topological polar surface area (TPSA) is 69.1 Å². The van der Waals surface area contributed by atoms with Gasteiger partial charge in [0.1, 0.15) is 5.82 Å². The number of hydrogen-bond donors (Lipinski definition) is 3. The lowest BCUT2D eigenvalue weighted by molar-refractivity contribution is 0.255. The number of aliphatic hydroxyl groups excluding tert-OH is 2. The lowest BCUT2D eigenvalue weighted by atomic mass is 10.2. The Balaban J connectivity index is 0.000000166. The number of H-pyrrole nitrogens is 1.